The second-order valence-electron chi connectivity index (χ2n) is 7.85. The Kier molecular flexibility index (Phi) is 7.93. The number of amides is 1. The number of benzene rings is 3. The maximum absolute atomic E-state index is 12.3. The summed E-state index contributed by atoms with van der Waals surface area (Å²) >= 11 is 1.68. The van der Waals surface area contributed by atoms with Gasteiger partial charge in [0, 0.05) is 23.4 Å². The number of rotatable bonds is 10. The van der Waals surface area contributed by atoms with E-state index in [2.05, 4.69) is 32.2 Å². The second-order valence-corrected chi connectivity index (χ2v) is 8.91. The maximum atomic E-state index is 12.3. The van der Waals surface area contributed by atoms with Crippen molar-refractivity contribution in [2.75, 3.05) is 5.75 Å². The van der Waals surface area contributed by atoms with Gasteiger partial charge in [-0.3, -0.25) is 9.36 Å². The van der Waals surface area contributed by atoms with Crippen LogP contribution in [0.5, 0.6) is 0 Å². The number of nitrogens with one attached hydrogen (secondary N) is 1. The number of thioether (sulfide) groups is 1. The molecule has 0 aliphatic rings. The van der Waals surface area contributed by atoms with Crippen LogP contribution in [0.15, 0.2) is 96.2 Å². The highest BCUT2D eigenvalue weighted by atomic mass is 32.2. The number of hydrogen-bond acceptors (Lipinski definition) is 4. The minimum Gasteiger partial charge on any atom is -0.350 e. The Balaban J connectivity index is 1.32. The van der Waals surface area contributed by atoms with Gasteiger partial charge in [0.1, 0.15) is 0 Å². The Hall–Kier alpha value is -3.38. The molecule has 1 unspecified atom stereocenters. The standard InChI is InChI=1S/C27H28N4OS/c1-21(22-13-5-2-6-14-22)28-25(32)19-11-12-20-33-27-30-29-26(23-15-7-3-8-16-23)31(27)24-17-9-4-10-18-24/h2-10,13-18,21H,11-12,19-20H2,1H3,(H,28,32). The lowest BCUT2D eigenvalue weighted by atomic mass is 10.1. The van der Waals surface area contributed by atoms with Crippen molar-refractivity contribution in [2.45, 2.75) is 37.4 Å². The quantitative estimate of drug-likeness (QED) is 0.232. The van der Waals surface area contributed by atoms with Crippen molar-refractivity contribution in [2.24, 2.45) is 0 Å². The average Bonchev–Trinajstić information content (AvgIpc) is 3.29. The van der Waals surface area contributed by atoms with Gasteiger partial charge in [0.2, 0.25) is 5.91 Å². The van der Waals surface area contributed by atoms with Gasteiger partial charge in [-0.25, -0.2) is 0 Å². The molecule has 3 aromatic carbocycles. The zero-order valence-electron chi connectivity index (χ0n) is 18.7. The Morgan fingerprint density at radius 1 is 0.879 bits per heavy atom. The molecule has 0 radical (unpaired) electrons. The average molecular weight is 457 g/mol. The molecule has 33 heavy (non-hydrogen) atoms. The first-order chi connectivity index (χ1) is 16.2. The van der Waals surface area contributed by atoms with E-state index in [4.69, 9.17) is 0 Å². The number of carbonyl (C=O) groups excluding carboxylic acids is 1. The van der Waals surface area contributed by atoms with Gasteiger partial charge in [0.05, 0.1) is 6.04 Å². The van der Waals surface area contributed by atoms with Crippen LogP contribution in [0.2, 0.25) is 0 Å². The van der Waals surface area contributed by atoms with Gasteiger partial charge in [-0.15, -0.1) is 10.2 Å². The SMILES string of the molecule is CC(NC(=O)CCCCSc1nnc(-c2ccccc2)n1-c1ccccc1)c1ccccc1. The predicted octanol–water partition coefficient (Wildman–Crippen LogP) is 6.07. The fraction of sp³-hybridized carbons (Fsp3) is 0.222. The third-order valence-corrected chi connectivity index (χ3v) is 6.40. The second kappa shape index (κ2) is 11.5. The summed E-state index contributed by atoms with van der Waals surface area (Å²) in [6.45, 7) is 2.02. The van der Waals surface area contributed by atoms with Crippen LogP contribution in [-0.2, 0) is 4.79 Å². The van der Waals surface area contributed by atoms with E-state index in [1.807, 2.05) is 85.8 Å². The van der Waals surface area contributed by atoms with Crippen molar-refractivity contribution in [3.63, 3.8) is 0 Å². The molecular formula is C27H28N4OS. The zero-order valence-corrected chi connectivity index (χ0v) is 19.5. The lowest BCUT2D eigenvalue weighted by Gasteiger charge is -2.14. The van der Waals surface area contributed by atoms with E-state index in [1.54, 1.807) is 11.8 Å². The molecular weight excluding hydrogens is 428 g/mol. The molecule has 0 aliphatic heterocycles. The van der Waals surface area contributed by atoms with E-state index in [0.29, 0.717) is 6.42 Å². The normalized spacial score (nSPS) is 11.8. The van der Waals surface area contributed by atoms with E-state index in [9.17, 15) is 4.79 Å². The molecule has 0 bridgehead atoms. The first-order valence-corrected chi connectivity index (χ1v) is 12.2. The summed E-state index contributed by atoms with van der Waals surface area (Å²) in [5, 5.41) is 12.9. The number of para-hydroxylation sites is 1. The number of nitrogens with zero attached hydrogens (tertiary/aromatic N) is 3. The summed E-state index contributed by atoms with van der Waals surface area (Å²) in [6.07, 6.45) is 2.30. The van der Waals surface area contributed by atoms with E-state index in [0.717, 1.165) is 46.4 Å². The fourth-order valence-electron chi connectivity index (χ4n) is 3.64. The van der Waals surface area contributed by atoms with Gasteiger partial charge in [0.25, 0.3) is 0 Å². The molecule has 0 fully saturated rings. The van der Waals surface area contributed by atoms with Gasteiger partial charge in [-0.2, -0.15) is 0 Å². The van der Waals surface area contributed by atoms with Crippen molar-refractivity contribution in [1.29, 1.82) is 0 Å². The Morgan fingerprint density at radius 2 is 1.52 bits per heavy atom. The molecule has 0 aliphatic carbocycles. The van der Waals surface area contributed by atoms with Crippen LogP contribution < -0.4 is 5.32 Å². The Bertz CT molecular complexity index is 1150. The van der Waals surface area contributed by atoms with Crippen molar-refractivity contribution < 1.29 is 4.79 Å². The lowest BCUT2D eigenvalue weighted by Crippen LogP contribution is -2.26. The monoisotopic (exact) mass is 456 g/mol. The van der Waals surface area contributed by atoms with Gasteiger partial charge >= 0.3 is 0 Å². The van der Waals surface area contributed by atoms with E-state index < -0.39 is 0 Å². The van der Waals surface area contributed by atoms with Crippen LogP contribution >= 0.6 is 11.8 Å². The van der Waals surface area contributed by atoms with Crippen molar-refractivity contribution in [1.82, 2.24) is 20.1 Å². The number of unbranched alkanes of at least 4 members (excludes halogenated alkanes) is 1. The topological polar surface area (TPSA) is 59.8 Å². The highest BCUT2D eigenvalue weighted by Gasteiger charge is 2.16. The summed E-state index contributed by atoms with van der Waals surface area (Å²) in [5.74, 6) is 1.80. The summed E-state index contributed by atoms with van der Waals surface area (Å²) in [4.78, 5) is 12.3. The van der Waals surface area contributed by atoms with Crippen molar-refractivity contribution >= 4 is 17.7 Å². The van der Waals surface area contributed by atoms with Crippen LogP contribution in [0.25, 0.3) is 17.1 Å². The van der Waals surface area contributed by atoms with Gasteiger partial charge in [-0.05, 0) is 37.5 Å². The molecule has 1 aromatic heterocycles. The van der Waals surface area contributed by atoms with Crippen LogP contribution in [0, 0.1) is 0 Å². The molecule has 1 N–H and O–H groups in total. The third-order valence-electron chi connectivity index (χ3n) is 5.39. The number of carbonyl (C=O) groups is 1. The molecule has 0 spiro atoms. The molecule has 5 nitrogen and oxygen atoms in total. The molecule has 0 saturated carbocycles. The van der Waals surface area contributed by atoms with Crippen LogP contribution in [-0.4, -0.2) is 26.4 Å². The molecule has 4 aromatic rings. The molecule has 1 atom stereocenters. The van der Waals surface area contributed by atoms with Crippen LogP contribution in [0.4, 0.5) is 0 Å². The summed E-state index contributed by atoms with van der Waals surface area (Å²) in [5.41, 5.74) is 3.19. The number of hydrogen-bond donors (Lipinski definition) is 1. The molecule has 1 heterocycles. The van der Waals surface area contributed by atoms with E-state index in [1.165, 1.54) is 0 Å². The fourth-order valence-corrected chi connectivity index (χ4v) is 4.59. The lowest BCUT2D eigenvalue weighted by molar-refractivity contribution is -0.121. The van der Waals surface area contributed by atoms with Gasteiger partial charge < -0.3 is 5.32 Å². The minimum atomic E-state index is 0.0221. The first-order valence-electron chi connectivity index (χ1n) is 11.3. The highest BCUT2D eigenvalue weighted by molar-refractivity contribution is 7.99. The molecule has 168 valence electrons. The molecule has 0 saturated heterocycles. The largest absolute Gasteiger partial charge is 0.350 e. The van der Waals surface area contributed by atoms with Crippen molar-refractivity contribution in [3.8, 4) is 17.1 Å². The van der Waals surface area contributed by atoms with E-state index in [-0.39, 0.29) is 11.9 Å². The van der Waals surface area contributed by atoms with Gasteiger partial charge in [0.15, 0.2) is 11.0 Å². The number of aromatic nitrogens is 3. The van der Waals surface area contributed by atoms with Crippen molar-refractivity contribution in [3.05, 3.63) is 96.6 Å². The Labute approximate surface area is 199 Å². The third kappa shape index (κ3) is 6.11. The molecule has 1 amide bonds. The first kappa shape index (κ1) is 22.8. The summed E-state index contributed by atoms with van der Waals surface area (Å²) in [7, 11) is 0. The zero-order chi connectivity index (χ0) is 22.9. The molecule has 4 rings (SSSR count). The molecule has 6 heteroatoms. The smallest absolute Gasteiger partial charge is 0.220 e. The summed E-state index contributed by atoms with van der Waals surface area (Å²) < 4.78 is 2.11. The van der Waals surface area contributed by atoms with E-state index >= 15 is 0 Å². The predicted molar refractivity (Wildman–Crippen MR) is 134 cm³/mol. The summed E-state index contributed by atoms with van der Waals surface area (Å²) in [6, 6.07) is 30.4. The Morgan fingerprint density at radius 3 is 2.21 bits per heavy atom. The highest BCUT2D eigenvalue weighted by Crippen LogP contribution is 2.28. The van der Waals surface area contributed by atoms with Crippen LogP contribution in [0.3, 0.4) is 0 Å². The van der Waals surface area contributed by atoms with Crippen LogP contribution in [0.1, 0.15) is 37.8 Å². The maximum Gasteiger partial charge on any atom is 0.220 e. The minimum absolute atomic E-state index is 0.0221. The van der Waals surface area contributed by atoms with Gasteiger partial charge in [-0.1, -0.05) is 90.6 Å².